The molecule has 2 N–H and O–H groups in total. The van der Waals surface area contributed by atoms with Crippen LogP contribution in [0.2, 0.25) is 18.1 Å². The maximum Gasteiger partial charge on any atom is 0.192 e. The van der Waals surface area contributed by atoms with E-state index in [0.29, 0.717) is 19.4 Å². The Kier molecular flexibility index (Phi) is 5.93. The average Bonchev–Trinajstić information content (AvgIpc) is 3.24. The number of aliphatic hydroxyl groups is 2. The van der Waals surface area contributed by atoms with E-state index in [1.807, 2.05) is 0 Å². The fourth-order valence-corrected chi connectivity index (χ4v) is 6.79. The molecule has 6 heteroatoms. The van der Waals surface area contributed by atoms with E-state index in [1.165, 1.54) is 0 Å². The lowest BCUT2D eigenvalue weighted by atomic mass is 9.58. The minimum Gasteiger partial charge on any atom is -0.411 e. The fourth-order valence-electron chi connectivity index (χ4n) is 5.41. The number of hydrogen-bond donors (Lipinski definition) is 2. The van der Waals surface area contributed by atoms with Crippen molar-refractivity contribution in [3.05, 3.63) is 0 Å². The summed E-state index contributed by atoms with van der Waals surface area (Å²) in [6, 6.07) is 0. The van der Waals surface area contributed by atoms with E-state index in [-0.39, 0.29) is 17.7 Å². The van der Waals surface area contributed by atoms with E-state index < -0.39 is 25.1 Å². The minimum atomic E-state index is -2.06. The Morgan fingerprint density at radius 2 is 1.74 bits per heavy atom. The van der Waals surface area contributed by atoms with Gasteiger partial charge >= 0.3 is 0 Å². The van der Waals surface area contributed by atoms with E-state index >= 15 is 0 Å². The van der Waals surface area contributed by atoms with E-state index in [1.54, 1.807) is 0 Å². The molecule has 5 nitrogen and oxygen atoms in total. The quantitative estimate of drug-likeness (QED) is 0.688. The first-order chi connectivity index (χ1) is 12.5. The van der Waals surface area contributed by atoms with Crippen molar-refractivity contribution in [2.45, 2.75) is 113 Å². The lowest BCUT2D eigenvalue weighted by molar-refractivity contribution is -0.302. The molecule has 0 unspecified atom stereocenters. The first kappa shape index (κ1) is 21.7. The number of fused-ring (bicyclic) bond motifs is 1. The Hall–Kier alpha value is 0.0169. The third-order valence-electron chi connectivity index (χ3n) is 7.86. The Labute approximate surface area is 165 Å². The maximum absolute atomic E-state index is 12.2. The second kappa shape index (κ2) is 7.37. The second-order valence-electron chi connectivity index (χ2n) is 10.4. The molecule has 0 aromatic rings. The van der Waals surface area contributed by atoms with Gasteiger partial charge in [-0.3, -0.25) is 0 Å². The van der Waals surface area contributed by atoms with Crippen LogP contribution in [0.3, 0.4) is 0 Å². The van der Waals surface area contributed by atoms with Gasteiger partial charge in [-0.1, -0.05) is 20.8 Å². The summed E-state index contributed by atoms with van der Waals surface area (Å²) < 4.78 is 19.6. The van der Waals surface area contributed by atoms with Crippen molar-refractivity contribution < 1.29 is 24.1 Å². The highest BCUT2D eigenvalue weighted by atomic mass is 28.4. The van der Waals surface area contributed by atoms with E-state index in [9.17, 15) is 10.2 Å². The smallest absolute Gasteiger partial charge is 0.192 e. The number of aliphatic hydroxyl groups excluding tert-OH is 1. The zero-order chi connectivity index (χ0) is 20.0. The van der Waals surface area contributed by atoms with Crippen LogP contribution in [0.1, 0.15) is 72.1 Å². The zero-order valence-electron chi connectivity index (χ0n) is 18.0. The number of hydrogen-bond acceptors (Lipinski definition) is 5. The molecule has 2 heterocycles. The molecule has 3 fully saturated rings. The third kappa shape index (κ3) is 3.34. The monoisotopic (exact) mass is 400 g/mol. The van der Waals surface area contributed by atoms with Crippen molar-refractivity contribution in [1.29, 1.82) is 0 Å². The predicted molar refractivity (Wildman–Crippen MR) is 108 cm³/mol. The van der Waals surface area contributed by atoms with E-state index in [4.69, 9.17) is 13.9 Å². The molecule has 1 aliphatic carbocycles. The number of rotatable bonds is 5. The molecule has 0 bridgehead atoms. The topological polar surface area (TPSA) is 68.2 Å². The molecule has 3 aliphatic rings. The highest BCUT2D eigenvalue weighted by Gasteiger charge is 2.71. The van der Waals surface area contributed by atoms with Crippen LogP contribution in [0.5, 0.6) is 0 Å². The molecule has 158 valence electrons. The summed E-state index contributed by atoms with van der Waals surface area (Å²) in [5.41, 5.74) is -2.23. The van der Waals surface area contributed by atoms with Crippen molar-refractivity contribution >= 4 is 8.32 Å². The molecule has 0 radical (unpaired) electrons. The van der Waals surface area contributed by atoms with Gasteiger partial charge in [0.1, 0.15) is 16.8 Å². The van der Waals surface area contributed by atoms with Crippen molar-refractivity contribution in [2.75, 3.05) is 19.8 Å². The lowest BCUT2D eigenvalue weighted by Gasteiger charge is -2.61. The highest BCUT2D eigenvalue weighted by Crippen LogP contribution is 2.59. The lowest BCUT2D eigenvalue weighted by Crippen LogP contribution is -2.75. The molecule has 3 rings (SSSR count). The van der Waals surface area contributed by atoms with Crippen LogP contribution in [-0.2, 0) is 13.9 Å². The summed E-state index contributed by atoms with van der Waals surface area (Å²) in [6.07, 6.45) is 6.18. The molecule has 0 amide bonds. The minimum absolute atomic E-state index is 0.0685. The summed E-state index contributed by atoms with van der Waals surface area (Å²) in [7, 11) is -2.06. The molecule has 0 aromatic heterocycles. The van der Waals surface area contributed by atoms with Crippen LogP contribution in [0, 0.1) is 0 Å². The normalized spacial score (nSPS) is 40.3. The average molecular weight is 401 g/mol. The molecule has 1 saturated carbocycles. The van der Waals surface area contributed by atoms with Crippen LogP contribution >= 0.6 is 0 Å². The fraction of sp³-hybridized carbons (Fsp3) is 1.00. The second-order valence-corrected chi connectivity index (χ2v) is 15.1. The standard InChI is InChI=1S/C21H40O5Si/c1-18(2,3)27(4,5)26-17-9-13-19(10-7-15-24-19)21(12-8-16-25-21)20(17,23)11-6-14-22/h17,22-23H,6-16H2,1-5H3/t17-,19+,20-,21-/m0/s1. The van der Waals surface area contributed by atoms with Gasteiger partial charge in [-0.2, -0.15) is 0 Å². The summed E-state index contributed by atoms with van der Waals surface area (Å²) in [4.78, 5) is 0. The molecule has 2 aliphatic heterocycles. The third-order valence-corrected chi connectivity index (χ3v) is 12.3. The van der Waals surface area contributed by atoms with Crippen molar-refractivity contribution in [3.8, 4) is 0 Å². The summed E-state index contributed by atoms with van der Waals surface area (Å²) in [5.74, 6) is 0. The van der Waals surface area contributed by atoms with Crippen LogP contribution in [-0.4, -0.2) is 61.3 Å². The number of ether oxygens (including phenoxy) is 2. The van der Waals surface area contributed by atoms with Crippen molar-refractivity contribution in [3.63, 3.8) is 0 Å². The van der Waals surface area contributed by atoms with Gasteiger partial charge in [-0.25, -0.2) is 0 Å². The van der Waals surface area contributed by atoms with E-state index in [0.717, 1.165) is 45.1 Å². The van der Waals surface area contributed by atoms with Gasteiger partial charge in [-0.15, -0.1) is 0 Å². The zero-order valence-corrected chi connectivity index (χ0v) is 19.0. The van der Waals surface area contributed by atoms with Gasteiger partial charge in [-0.05, 0) is 69.5 Å². The molecule has 2 saturated heterocycles. The largest absolute Gasteiger partial charge is 0.411 e. The summed E-state index contributed by atoms with van der Waals surface area (Å²) in [5, 5.41) is 21.9. The predicted octanol–water partition coefficient (Wildman–Crippen LogP) is 3.77. The van der Waals surface area contributed by atoms with Gasteiger partial charge in [0.25, 0.3) is 0 Å². The molecule has 4 atom stereocenters. The molecular weight excluding hydrogens is 360 g/mol. The Bertz CT molecular complexity index is 517. The maximum atomic E-state index is 12.2. The first-order valence-corrected chi connectivity index (χ1v) is 13.7. The van der Waals surface area contributed by atoms with Crippen LogP contribution in [0.25, 0.3) is 0 Å². The Morgan fingerprint density at radius 3 is 2.26 bits per heavy atom. The van der Waals surface area contributed by atoms with Crippen LogP contribution in [0.15, 0.2) is 0 Å². The van der Waals surface area contributed by atoms with Gasteiger partial charge in [0, 0.05) is 19.8 Å². The van der Waals surface area contributed by atoms with Crippen molar-refractivity contribution in [2.24, 2.45) is 0 Å². The molecule has 0 aromatic carbocycles. The van der Waals surface area contributed by atoms with E-state index in [2.05, 4.69) is 33.9 Å². The summed E-state index contributed by atoms with van der Waals surface area (Å²) in [6.45, 7) is 12.7. The van der Waals surface area contributed by atoms with Crippen molar-refractivity contribution in [1.82, 2.24) is 0 Å². The van der Waals surface area contributed by atoms with Gasteiger partial charge < -0.3 is 24.1 Å². The van der Waals surface area contributed by atoms with Gasteiger partial charge in [0.05, 0.1) is 6.10 Å². The summed E-state index contributed by atoms with van der Waals surface area (Å²) >= 11 is 0. The molecular formula is C21H40O5Si. The Morgan fingerprint density at radius 1 is 1.07 bits per heavy atom. The van der Waals surface area contributed by atoms with Gasteiger partial charge in [0.2, 0.25) is 0 Å². The first-order valence-electron chi connectivity index (χ1n) is 10.8. The Balaban J connectivity index is 2.00. The molecule has 2 spiro atoms. The van der Waals surface area contributed by atoms with Gasteiger partial charge in [0.15, 0.2) is 8.32 Å². The highest BCUT2D eigenvalue weighted by molar-refractivity contribution is 6.74. The van der Waals surface area contributed by atoms with Crippen LogP contribution in [0.4, 0.5) is 0 Å². The molecule has 27 heavy (non-hydrogen) atoms. The SMILES string of the molecule is CC(C)(C)[Si](C)(C)O[C@H]1CC[C@]2(CCCO2)[C@@]2(CCCO2)[C@]1(O)CCCO. The van der Waals surface area contributed by atoms with Crippen LogP contribution < -0.4 is 0 Å².